The fraction of sp³-hybridized carbons (Fsp3) is 0.280. The first-order valence-electron chi connectivity index (χ1n) is 11.4. The maximum atomic E-state index is 14.9. The molecule has 9 nitrogen and oxygen atoms in total. The molecule has 1 aliphatic carbocycles. The highest BCUT2D eigenvalue weighted by molar-refractivity contribution is 5.98. The predicted octanol–water partition coefficient (Wildman–Crippen LogP) is 3.60. The summed E-state index contributed by atoms with van der Waals surface area (Å²) in [5, 5.41) is 9.99. The molecule has 2 heterocycles. The second-order valence-electron chi connectivity index (χ2n) is 8.65. The van der Waals surface area contributed by atoms with Crippen LogP contribution in [0, 0.1) is 11.6 Å². The Morgan fingerprint density at radius 1 is 1.11 bits per heavy atom. The number of methoxy groups -OCH3 is 1. The van der Waals surface area contributed by atoms with Gasteiger partial charge in [-0.3, -0.25) is 4.79 Å². The molecule has 2 aromatic heterocycles. The summed E-state index contributed by atoms with van der Waals surface area (Å²) in [6.07, 6.45) is 4.16. The Morgan fingerprint density at radius 2 is 1.92 bits per heavy atom. The maximum Gasteiger partial charge on any atom is 0.252 e. The normalized spacial score (nSPS) is 17.6. The lowest BCUT2D eigenvalue weighted by Gasteiger charge is -2.30. The van der Waals surface area contributed by atoms with E-state index in [9.17, 15) is 18.0 Å². The summed E-state index contributed by atoms with van der Waals surface area (Å²) in [5.41, 5.74) is 1.11. The van der Waals surface area contributed by atoms with Crippen LogP contribution >= 0.6 is 0 Å². The summed E-state index contributed by atoms with van der Waals surface area (Å²) in [6, 6.07) is 5.86. The quantitative estimate of drug-likeness (QED) is 0.372. The van der Waals surface area contributed by atoms with Crippen molar-refractivity contribution in [2.75, 3.05) is 19.5 Å². The fourth-order valence-corrected chi connectivity index (χ4v) is 4.14. The Morgan fingerprint density at radius 3 is 2.59 bits per heavy atom. The second-order valence-corrected chi connectivity index (χ2v) is 8.65. The number of aromatic nitrogens is 4. The Balaban J connectivity index is 1.45. The van der Waals surface area contributed by atoms with E-state index >= 15 is 0 Å². The molecule has 37 heavy (non-hydrogen) atoms. The number of hydrogen-bond donors (Lipinski definition) is 2. The van der Waals surface area contributed by atoms with Crippen molar-refractivity contribution in [2.24, 2.45) is 0 Å². The number of nitrogens with one attached hydrogen (secondary N) is 2. The highest BCUT2D eigenvalue weighted by Crippen LogP contribution is 2.28. The van der Waals surface area contributed by atoms with Crippen LogP contribution in [0.2, 0.25) is 0 Å². The third kappa shape index (κ3) is 4.99. The molecule has 0 unspecified atom stereocenters. The van der Waals surface area contributed by atoms with Crippen LogP contribution in [-0.4, -0.2) is 52.3 Å². The molecule has 1 amide bonds. The van der Waals surface area contributed by atoms with Gasteiger partial charge in [-0.25, -0.2) is 23.1 Å². The molecule has 1 fully saturated rings. The minimum atomic E-state index is -0.853. The van der Waals surface area contributed by atoms with E-state index in [1.54, 1.807) is 6.07 Å². The van der Waals surface area contributed by atoms with Crippen molar-refractivity contribution in [3.63, 3.8) is 0 Å². The molecular weight excluding hydrogens is 489 g/mol. The summed E-state index contributed by atoms with van der Waals surface area (Å²) in [5.74, 6) is -1.65. The van der Waals surface area contributed by atoms with Gasteiger partial charge in [0, 0.05) is 23.4 Å². The topological polar surface area (TPSA) is 103 Å². The van der Waals surface area contributed by atoms with Gasteiger partial charge in [0.05, 0.1) is 36.4 Å². The van der Waals surface area contributed by atoms with E-state index in [4.69, 9.17) is 9.57 Å². The summed E-state index contributed by atoms with van der Waals surface area (Å²) in [7, 11) is 2.77. The lowest BCUT2D eigenvalue weighted by Crippen LogP contribution is -2.37. The number of benzene rings is 2. The monoisotopic (exact) mass is 512 g/mol. The first kappa shape index (κ1) is 24.3. The standard InChI is InChI=1S/C25H23F3N6O3/c1-36-22-4-3-13(5-20(22)28)23(15-10-30-34(12-15)37-2)33-24(35)14-6-19(27)18-11-29-25(32-21(18)7-14)31-17-8-16(26)9-17/h3-7,10-12,16-17,23H,8-9H2,1-2H3,(H,33,35)(H,29,31,32)/t16-,17-,23-/m0/s1. The van der Waals surface area contributed by atoms with Crippen molar-refractivity contribution in [2.45, 2.75) is 31.1 Å². The van der Waals surface area contributed by atoms with E-state index in [0.717, 1.165) is 6.07 Å². The maximum absolute atomic E-state index is 14.9. The average Bonchev–Trinajstić information content (AvgIpc) is 3.35. The number of ether oxygens (including phenoxy) is 1. The molecule has 0 spiro atoms. The summed E-state index contributed by atoms with van der Waals surface area (Å²) < 4.78 is 47.5. The Bertz CT molecular complexity index is 1460. The molecule has 1 saturated carbocycles. The zero-order chi connectivity index (χ0) is 26.1. The first-order chi connectivity index (χ1) is 17.8. The van der Waals surface area contributed by atoms with Crippen molar-refractivity contribution >= 4 is 22.8 Å². The van der Waals surface area contributed by atoms with Crippen LogP contribution in [0.4, 0.5) is 19.1 Å². The van der Waals surface area contributed by atoms with E-state index in [0.29, 0.717) is 24.0 Å². The van der Waals surface area contributed by atoms with E-state index < -0.39 is 29.8 Å². The number of alkyl halides is 1. The van der Waals surface area contributed by atoms with Gasteiger partial charge in [0.1, 0.15) is 19.1 Å². The fourth-order valence-electron chi connectivity index (χ4n) is 4.14. The molecule has 0 aliphatic heterocycles. The first-order valence-corrected chi connectivity index (χ1v) is 11.4. The van der Waals surface area contributed by atoms with Crippen molar-refractivity contribution < 1.29 is 27.5 Å². The average molecular weight is 512 g/mol. The number of amides is 1. The molecule has 12 heteroatoms. The molecule has 5 rings (SSSR count). The van der Waals surface area contributed by atoms with E-state index in [1.807, 2.05) is 0 Å². The highest BCUT2D eigenvalue weighted by Gasteiger charge is 2.29. The van der Waals surface area contributed by atoms with Gasteiger partial charge in [-0.2, -0.15) is 0 Å². The number of fused-ring (bicyclic) bond motifs is 1. The minimum Gasteiger partial charge on any atom is -0.494 e. The van der Waals surface area contributed by atoms with Gasteiger partial charge >= 0.3 is 0 Å². The van der Waals surface area contributed by atoms with Crippen LogP contribution in [-0.2, 0) is 0 Å². The second kappa shape index (κ2) is 9.96. The van der Waals surface area contributed by atoms with E-state index in [2.05, 4.69) is 25.7 Å². The van der Waals surface area contributed by atoms with Crippen molar-refractivity contribution in [3.8, 4) is 5.75 Å². The third-order valence-electron chi connectivity index (χ3n) is 6.21. The van der Waals surface area contributed by atoms with Gasteiger partial charge in [-0.1, -0.05) is 6.07 Å². The van der Waals surface area contributed by atoms with Gasteiger partial charge in [0.25, 0.3) is 5.91 Å². The van der Waals surface area contributed by atoms with Gasteiger partial charge in [0.2, 0.25) is 5.95 Å². The summed E-state index contributed by atoms with van der Waals surface area (Å²) >= 11 is 0. The number of rotatable bonds is 8. The van der Waals surface area contributed by atoms with Crippen molar-refractivity contribution in [1.82, 2.24) is 25.2 Å². The number of hydrogen-bond acceptors (Lipinski definition) is 7. The predicted molar refractivity (Wildman–Crippen MR) is 128 cm³/mol. The van der Waals surface area contributed by atoms with E-state index in [1.165, 1.54) is 55.9 Å². The van der Waals surface area contributed by atoms with Crippen LogP contribution in [0.1, 0.15) is 40.4 Å². The third-order valence-corrected chi connectivity index (χ3v) is 6.21. The zero-order valence-electron chi connectivity index (χ0n) is 19.9. The largest absolute Gasteiger partial charge is 0.494 e. The molecule has 192 valence electrons. The number of carbonyl (C=O) groups excluding carboxylic acids is 1. The summed E-state index contributed by atoms with van der Waals surface area (Å²) in [4.78, 5) is 27.9. The molecule has 2 N–H and O–H groups in total. The zero-order valence-corrected chi connectivity index (χ0v) is 19.9. The molecule has 0 radical (unpaired) electrons. The highest BCUT2D eigenvalue weighted by atomic mass is 19.1. The lowest BCUT2D eigenvalue weighted by molar-refractivity contribution is 0.0942. The Labute approximate surface area is 209 Å². The minimum absolute atomic E-state index is 0.000216. The smallest absolute Gasteiger partial charge is 0.252 e. The molecule has 2 aromatic carbocycles. The van der Waals surface area contributed by atoms with Crippen LogP contribution in [0.15, 0.2) is 48.9 Å². The van der Waals surface area contributed by atoms with Crippen molar-refractivity contribution in [1.29, 1.82) is 0 Å². The van der Waals surface area contributed by atoms with Crippen LogP contribution in [0.3, 0.4) is 0 Å². The Kier molecular flexibility index (Phi) is 6.55. The molecule has 0 saturated heterocycles. The molecule has 1 aliphatic rings. The molecular formula is C25H23F3N6O3. The summed E-state index contributed by atoms with van der Waals surface area (Å²) in [6.45, 7) is 0. The number of halogens is 3. The van der Waals surface area contributed by atoms with Gasteiger partial charge < -0.3 is 20.2 Å². The van der Waals surface area contributed by atoms with Gasteiger partial charge in [-0.05, 0) is 42.7 Å². The molecule has 1 atom stereocenters. The lowest BCUT2D eigenvalue weighted by atomic mass is 9.91. The number of carbonyl (C=O) groups is 1. The molecule has 0 bridgehead atoms. The van der Waals surface area contributed by atoms with E-state index in [-0.39, 0.29) is 34.2 Å². The number of nitrogens with zero attached hydrogens (tertiary/aromatic N) is 4. The molecule has 4 aromatic rings. The SMILES string of the molecule is COc1ccc([C@H](NC(=O)c2cc(F)c3cnc(N[C@H]4C[C@H](F)C4)nc3c2)c2cnn(OC)c2)cc1F. The van der Waals surface area contributed by atoms with Gasteiger partial charge in [0.15, 0.2) is 11.6 Å². The van der Waals surface area contributed by atoms with Crippen molar-refractivity contribution in [3.05, 3.63) is 77.2 Å². The Hall–Kier alpha value is -4.35. The van der Waals surface area contributed by atoms with Crippen LogP contribution < -0.4 is 20.2 Å². The number of anilines is 1. The van der Waals surface area contributed by atoms with Crippen LogP contribution in [0.25, 0.3) is 10.9 Å². The van der Waals surface area contributed by atoms with Gasteiger partial charge in [-0.15, -0.1) is 9.94 Å². The van der Waals surface area contributed by atoms with Crippen LogP contribution in [0.5, 0.6) is 5.75 Å².